The molecule has 0 saturated heterocycles. The highest BCUT2D eigenvalue weighted by Gasteiger charge is 2.03. The van der Waals surface area contributed by atoms with Gasteiger partial charge in [-0.2, -0.15) is 0 Å². The van der Waals surface area contributed by atoms with Crippen LogP contribution in [0.1, 0.15) is 194 Å². The lowest BCUT2D eigenvalue weighted by Gasteiger charge is -2.25. The molecule has 0 atom stereocenters. The van der Waals surface area contributed by atoms with Crippen LogP contribution in [-0.4, -0.2) is 24.9 Å². The van der Waals surface area contributed by atoms with Gasteiger partial charge in [-0.25, -0.2) is 16.3 Å². The average Bonchev–Trinajstić information content (AvgIpc) is 2.91. The van der Waals surface area contributed by atoms with Crippen LogP contribution in [0, 0.1) is 0 Å². The Morgan fingerprint density at radius 2 is 0.459 bits per heavy atom. The molecule has 0 unspecified atom stereocenters. The monoisotopic (exact) mass is 525 g/mol. The van der Waals surface area contributed by atoms with E-state index < -0.39 is 0 Å². The Morgan fingerprint density at radius 1 is 0.270 bits per heavy atom. The van der Waals surface area contributed by atoms with Crippen LogP contribution in [0.2, 0.25) is 0 Å². The second-order valence-corrected chi connectivity index (χ2v) is 11.5. The summed E-state index contributed by atoms with van der Waals surface area (Å²) in [6, 6.07) is 0. The van der Waals surface area contributed by atoms with Crippen LogP contribution in [0.3, 0.4) is 0 Å². The molecule has 0 aromatic rings. The summed E-state index contributed by atoms with van der Waals surface area (Å²) < 4.78 is 0. The smallest absolute Gasteiger partial charge is 0.0129 e. The molecule has 0 aromatic carbocycles. The summed E-state index contributed by atoms with van der Waals surface area (Å²) in [7, 11) is 0. The first-order valence-electron chi connectivity index (χ1n) is 17.4. The van der Waals surface area contributed by atoms with Crippen molar-refractivity contribution in [1.29, 1.82) is 0 Å². The Hall–Kier alpha value is -0.160. The van der Waals surface area contributed by atoms with Crippen molar-refractivity contribution in [2.75, 3.05) is 19.6 Å². The maximum absolute atomic E-state index is 3.61. The zero-order chi connectivity index (χ0) is 26.9. The van der Waals surface area contributed by atoms with E-state index in [1.165, 1.54) is 173 Å². The van der Waals surface area contributed by atoms with Crippen LogP contribution in [0.15, 0.2) is 0 Å². The molecule has 0 amide bonds. The van der Waals surface area contributed by atoms with Crippen molar-refractivity contribution in [1.82, 2.24) is 21.5 Å². The SMILES string of the molecule is CCCCCCCCCCCNN(NCCCCCCCCCCC)NCCCCCCCCCCC. The predicted molar refractivity (Wildman–Crippen MR) is 168 cm³/mol. The van der Waals surface area contributed by atoms with E-state index in [0.29, 0.717) is 0 Å². The van der Waals surface area contributed by atoms with Gasteiger partial charge in [0.05, 0.1) is 0 Å². The van der Waals surface area contributed by atoms with Gasteiger partial charge in [0.15, 0.2) is 0 Å². The zero-order valence-electron chi connectivity index (χ0n) is 26.2. The summed E-state index contributed by atoms with van der Waals surface area (Å²) in [4.78, 5) is 0. The number of rotatable bonds is 33. The largest absolute Gasteiger partial charge is 0.227 e. The minimum Gasteiger partial charge on any atom is -0.227 e. The minimum atomic E-state index is 1.06. The first-order chi connectivity index (χ1) is 18.3. The van der Waals surface area contributed by atoms with E-state index >= 15 is 0 Å². The first kappa shape index (κ1) is 36.8. The van der Waals surface area contributed by atoms with E-state index in [-0.39, 0.29) is 0 Å². The Morgan fingerprint density at radius 3 is 0.676 bits per heavy atom. The van der Waals surface area contributed by atoms with Gasteiger partial charge in [-0.1, -0.05) is 175 Å². The molecule has 0 aliphatic rings. The summed E-state index contributed by atoms with van der Waals surface area (Å²) >= 11 is 0. The Bertz CT molecular complexity index is 333. The molecule has 0 fully saturated rings. The zero-order valence-corrected chi connectivity index (χ0v) is 26.2. The van der Waals surface area contributed by atoms with E-state index in [1.807, 2.05) is 0 Å². The van der Waals surface area contributed by atoms with Crippen molar-refractivity contribution in [3.8, 4) is 0 Å². The van der Waals surface area contributed by atoms with Gasteiger partial charge >= 0.3 is 0 Å². The van der Waals surface area contributed by atoms with Gasteiger partial charge in [0.2, 0.25) is 0 Å². The Labute approximate surface area is 235 Å². The van der Waals surface area contributed by atoms with E-state index in [1.54, 1.807) is 0 Å². The molecule has 224 valence electrons. The van der Waals surface area contributed by atoms with Gasteiger partial charge in [-0.05, 0) is 19.3 Å². The summed E-state index contributed by atoms with van der Waals surface area (Å²) in [5.41, 5.74) is 10.8. The van der Waals surface area contributed by atoms with Crippen LogP contribution >= 0.6 is 0 Å². The van der Waals surface area contributed by atoms with Crippen LogP contribution in [0.5, 0.6) is 0 Å². The second-order valence-electron chi connectivity index (χ2n) is 11.5. The molecular weight excluding hydrogens is 452 g/mol. The van der Waals surface area contributed by atoms with Gasteiger partial charge in [-0.3, -0.25) is 0 Å². The number of nitrogens with zero attached hydrogens (tertiary/aromatic N) is 1. The van der Waals surface area contributed by atoms with E-state index in [2.05, 4.69) is 42.3 Å². The Balaban J connectivity index is 3.87. The van der Waals surface area contributed by atoms with E-state index in [4.69, 9.17) is 0 Å². The second kappa shape index (κ2) is 33.9. The number of nitrogens with one attached hydrogen (secondary N) is 3. The third kappa shape index (κ3) is 32.0. The molecule has 4 heteroatoms. The van der Waals surface area contributed by atoms with Gasteiger partial charge in [0, 0.05) is 19.6 Å². The third-order valence-electron chi connectivity index (χ3n) is 7.65. The van der Waals surface area contributed by atoms with E-state index in [0.717, 1.165) is 19.6 Å². The average molecular weight is 525 g/mol. The lowest BCUT2D eigenvalue weighted by atomic mass is 10.1. The summed E-state index contributed by atoms with van der Waals surface area (Å²) in [5, 5.41) is 2.10. The van der Waals surface area contributed by atoms with Gasteiger partial charge in [0.25, 0.3) is 0 Å². The van der Waals surface area contributed by atoms with Crippen LogP contribution < -0.4 is 16.3 Å². The maximum atomic E-state index is 3.61. The summed E-state index contributed by atoms with van der Waals surface area (Å²) in [6.07, 6.45) is 37.5. The van der Waals surface area contributed by atoms with Crippen LogP contribution in [0.4, 0.5) is 0 Å². The van der Waals surface area contributed by atoms with Gasteiger partial charge in [-0.15, -0.1) is 5.23 Å². The standard InChI is InChI=1S/C33H72N4/c1-4-7-10-13-16-19-22-25-28-31-34-37(35-32-29-26-23-20-17-14-11-8-5-2)36-33-30-27-24-21-18-15-12-9-6-3/h34-36H,4-33H2,1-3H3. The molecule has 0 aliphatic heterocycles. The first-order valence-corrected chi connectivity index (χ1v) is 17.4. The molecule has 0 aromatic heterocycles. The molecule has 0 rings (SSSR count). The highest BCUT2D eigenvalue weighted by atomic mass is 15.9. The molecule has 0 bridgehead atoms. The third-order valence-corrected chi connectivity index (χ3v) is 7.65. The van der Waals surface area contributed by atoms with Crippen LogP contribution in [0.25, 0.3) is 0 Å². The molecular formula is C33H72N4. The topological polar surface area (TPSA) is 39.3 Å². The van der Waals surface area contributed by atoms with Crippen molar-refractivity contribution in [2.45, 2.75) is 194 Å². The normalized spacial score (nSPS) is 11.7. The quantitative estimate of drug-likeness (QED) is 0.0589. The fraction of sp³-hybridized carbons (Fsp3) is 1.00. The summed E-state index contributed by atoms with van der Waals surface area (Å²) in [5.74, 6) is 0. The summed E-state index contributed by atoms with van der Waals surface area (Å²) in [6.45, 7) is 10.1. The fourth-order valence-electron chi connectivity index (χ4n) is 5.05. The molecule has 0 spiro atoms. The number of hydrogen-bond acceptors (Lipinski definition) is 4. The number of unbranched alkanes of at least 4 members (excludes halogenated alkanes) is 24. The fourth-order valence-corrected chi connectivity index (χ4v) is 5.05. The molecule has 3 N–H and O–H groups in total. The van der Waals surface area contributed by atoms with Gasteiger partial charge in [0.1, 0.15) is 0 Å². The molecule has 0 saturated carbocycles. The lowest BCUT2D eigenvalue weighted by Crippen LogP contribution is -2.56. The number of hydrazine groups is 3. The molecule has 0 heterocycles. The van der Waals surface area contributed by atoms with Crippen molar-refractivity contribution < 1.29 is 0 Å². The van der Waals surface area contributed by atoms with E-state index in [9.17, 15) is 0 Å². The van der Waals surface area contributed by atoms with Crippen molar-refractivity contribution in [3.05, 3.63) is 0 Å². The number of hydrogen-bond donors (Lipinski definition) is 3. The Kier molecular flexibility index (Phi) is 33.7. The lowest BCUT2D eigenvalue weighted by molar-refractivity contribution is 0.0460. The predicted octanol–water partition coefficient (Wildman–Crippen LogP) is 10.4. The minimum absolute atomic E-state index is 1.06. The van der Waals surface area contributed by atoms with Gasteiger partial charge < -0.3 is 0 Å². The van der Waals surface area contributed by atoms with Crippen molar-refractivity contribution in [2.24, 2.45) is 0 Å². The molecule has 0 aliphatic carbocycles. The highest BCUT2D eigenvalue weighted by Crippen LogP contribution is 2.11. The van der Waals surface area contributed by atoms with Crippen molar-refractivity contribution in [3.63, 3.8) is 0 Å². The van der Waals surface area contributed by atoms with Crippen LogP contribution in [-0.2, 0) is 0 Å². The maximum Gasteiger partial charge on any atom is 0.0129 e. The molecule has 37 heavy (non-hydrogen) atoms. The van der Waals surface area contributed by atoms with Crippen molar-refractivity contribution >= 4 is 0 Å². The molecule has 0 radical (unpaired) electrons. The molecule has 4 nitrogen and oxygen atoms in total. The highest BCUT2D eigenvalue weighted by molar-refractivity contribution is 4.53.